The van der Waals surface area contributed by atoms with Crippen LogP contribution in [0.25, 0.3) is 0 Å². The fourth-order valence-electron chi connectivity index (χ4n) is 3.14. The second-order valence-corrected chi connectivity index (χ2v) is 5.94. The maximum Gasteiger partial charge on any atom is 0.255 e. The molecule has 24 heavy (non-hydrogen) atoms. The number of rotatable bonds is 2. The molecule has 1 aliphatic heterocycles. The fraction of sp³-hybridized carbons (Fsp3) is 0.278. The summed E-state index contributed by atoms with van der Waals surface area (Å²) in [5.41, 5.74) is 10.3. The lowest BCUT2D eigenvalue weighted by Gasteiger charge is -2.16. The van der Waals surface area contributed by atoms with Gasteiger partial charge in [-0.2, -0.15) is 0 Å². The topological polar surface area (TPSA) is 73.6 Å². The number of amides is 1. The van der Waals surface area contributed by atoms with E-state index in [0.717, 1.165) is 12.8 Å². The average molecular weight is 347 g/mol. The summed E-state index contributed by atoms with van der Waals surface area (Å²) in [6, 6.07) is 9.31. The molecule has 2 aromatic rings. The number of nitrogens with two attached hydrogens (primary N) is 1. The van der Waals surface area contributed by atoms with Gasteiger partial charge in [0, 0.05) is 17.7 Å². The van der Waals surface area contributed by atoms with Crippen molar-refractivity contribution in [2.75, 3.05) is 17.8 Å². The first-order chi connectivity index (χ1) is 11.2. The molecule has 0 aromatic heterocycles. The summed E-state index contributed by atoms with van der Waals surface area (Å²) in [6.07, 6.45) is 4.56. The molecule has 0 spiro atoms. The molecule has 6 heteroatoms. The van der Waals surface area contributed by atoms with Gasteiger partial charge in [0.2, 0.25) is 6.79 Å². The third-order valence-electron chi connectivity index (χ3n) is 4.40. The molecule has 2 aromatic carbocycles. The number of fused-ring (bicyclic) bond motifs is 2. The molecule has 3 N–H and O–H groups in total. The van der Waals surface area contributed by atoms with Gasteiger partial charge >= 0.3 is 0 Å². The maximum absolute atomic E-state index is 12.5. The van der Waals surface area contributed by atoms with E-state index in [1.165, 1.54) is 24.0 Å². The van der Waals surface area contributed by atoms with E-state index in [4.69, 9.17) is 15.2 Å². The molecule has 1 heterocycles. The van der Waals surface area contributed by atoms with Crippen molar-refractivity contribution >= 4 is 29.7 Å². The van der Waals surface area contributed by atoms with Crippen LogP contribution in [0.15, 0.2) is 30.3 Å². The third-order valence-corrected chi connectivity index (χ3v) is 4.40. The van der Waals surface area contributed by atoms with Crippen LogP contribution in [0.1, 0.15) is 34.3 Å². The molecule has 0 saturated carbocycles. The van der Waals surface area contributed by atoms with E-state index in [1.54, 1.807) is 12.1 Å². The van der Waals surface area contributed by atoms with Crippen LogP contribution in [0.3, 0.4) is 0 Å². The molecular formula is C18H19ClN2O3. The van der Waals surface area contributed by atoms with Gasteiger partial charge < -0.3 is 20.5 Å². The number of halogens is 1. The molecule has 126 valence electrons. The molecule has 0 radical (unpaired) electrons. The van der Waals surface area contributed by atoms with Gasteiger partial charge in [0.05, 0.1) is 11.4 Å². The molecule has 0 bridgehead atoms. The van der Waals surface area contributed by atoms with Crippen LogP contribution in [0.2, 0.25) is 0 Å². The number of anilines is 2. The van der Waals surface area contributed by atoms with Crippen LogP contribution < -0.4 is 20.5 Å². The minimum Gasteiger partial charge on any atom is -0.454 e. The molecule has 1 amide bonds. The Morgan fingerprint density at radius 1 is 1.00 bits per heavy atom. The van der Waals surface area contributed by atoms with Crippen LogP contribution in [0, 0.1) is 0 Å². The van der Waals surface area contributed by atoms with Crippen LogP contribution in [0.4, 0.5) is 11.4 Å². The predicted molar refractivity (Wildman–Crippen MR) is 95.3 cm³/mol. The molecule has 0 atom stereocenters. The van der Waals surface area contributed by atoms with Gasteiger partial charge in [-0.25, -0.2) is 0 Å². The summed E-state index contributed by atoms with van der Waals surface area (Å²) in [4.78, 5) is 12.5. The first-order valence-electron chi connectivity index (χ1n) is 7.83. The Balaban J connectivity index is 0.00000169. The van der Waals surface area contributed by atoms with Gasteiger partial charge in [0.1, 0.15) is 0 Å². The number of ether oxygens (including phenoxy) is 2. The van der Waals surface area contributed by atoms with E-state index in [-0.39, 0.29) is 25.1 Å². The number of hydrogen-bond acceptors (Lipinski definition) is 4. The zero-order valence-electron chi connectivity index (χ0n) is 13.1. The number of hydrogen-bond donors (Lipinski definition) is 2. The molecule has 5 nitrogen and oxygen atoms in total. The van der Waals surface area contributed by atoms with Gasteiger partial charge in [0.25, 0.3) is 5.91 Å². The number of nitrogens with one attached hydrogen (secondary N) is 1. The Kier molecular flexibility index (Phi) is 4.53. The average Bonchev–Trinajstić information content (AvgIpc) is 3.01. The smallest absolute Gasteiger partial charge is 0.255 e. The lowest BCUT2D eigenvalue weighted by Crippen LogP contribution is -2.14. The molecule has 0 unspecified atom stereocenters. The Morgan fingerprint density at radius 3 is 2.50 bits per heavy atom. The minimum absolute atomic E-state index is 0. The lowest BCUT2D eigenvalue weighted by molar-refractivity contribution is 0.102. The summed E-state index contributed by atoms with van der Waals surface area (Å²) in [7, 11) is 0. The highest BCUT2D eigenvalue weighted by Gasteiger charge is 2.18. The van der Waals surface area contributed by atoms with Crippen LogP contribution in [0.5, 0.6) is 11.5 Å². The van der Waals surface area contributed by atoms with Gasteiger partial charge in [-0.3, -0.25) is 4.79 Å². The second-order valence-electron chi connectivity index (χ2n) is 5.94. The van der Waals surface area contributed by atoms with Crippen molar-refractivity contribution in [3.8, 4) is 11.5 Å². The van der Waals surface area contributed by atoms with Gasteiger partial charge in [-0.05, 0) is 48.9 Å². The number of carbonyl (C=O) groups excluding carboxylic acids is 1. The minimum atomic E-state index is -0.163. The van der Waals surface area contributed by atoms with Crippen molar-refractivity contribution in [3.63, 3.8) is 0 Å². The van der Waals surface area contributed by atoms with E-state index < -0.39 is 0 Å². The summed E-state index contributed by atoms with van der Waals surface area (Å²) in [5.74, 6) is 1.04. The van der Waals surface area contributed by atoms with Gasteiger partial charge in [-0.1, -0.05) is 6.07 Å². The summed E-state index contributed by atoms with van der Waals surface area (Å²) in [5, 5.41) is 2.86. The summed E-state index contributed by atoms with van der Waals surface area (Å²) >= 11 is 0. The molecule has 2 aliphatic rings. The van der Waals surface area contributed by atoms with Gasteiger partial charge in [0.15, 0.2) is 11.5 Å². The first-order valence-corrected chi connectivity index (χ1v) is 7.83. The summed E-state index contributed by atoms with van der Waals surface area (Å²) < 4.78 is 10.6. The monoisotopic (exact) mass is 346 g/mol. The van der Waals surface area contributed by atoms with Crippen LogP contribution >= 0.6 is 12.4 Å². The highest BCUT2D eigenvalue weighted by molar-refractivity contribution is 6.06. The van der Waals surface area contributed by atoms with Crippen molar-refractivity contribution in [2.45, 2.75) is 25.7 Å². The molecule has 0 saturated heterocycles. The zero-order valence-corrected chi connectivity index (χ0v) is 13.9. The Labute approximate surface area is 146 Å². The van der Waals surface area contributed by atoms with E-state index in [1.807, 2.05) is 12.1 Å². The normalized spacial score (nSPS) is 14.5. The number of benzene rings is 2. The Morgan fingerprint density at radius 2 is 1.71 bits per heavy atom. The van der Waals surface area contributed by atoms with E-state index in [0.29, 0.717) is 28.4 Å². The van der Waals surface area contributed by atoms with Crippen molar-refractivity contribution < 1.29 is 14.3 Å². The quantitative estimate of drug-likeness (QED) is 0.815. The highest BCUT2D eigenvalue weighted by atomic mass is 35.5. The van der Waals surface area contributed by atoms with E-state index in [9.17, 15) is 4.79 Å². The van der Waals surface area contributed by atoms with Crippen LogP contribution in [-0.4, -0.2) is 12.7 Å². The maximum atomic E-state index is 12.5. The van der Waals surface area contributed by atoms with Crippen molar-refractivity contribution in [1.29, 1.82) is 0 Å². The predicted octanol–water partition coefficient (Wildman–Crippen LogP) is 3.55. The standard InChI is InChI=1S/C18H18N2O3.ClH/c19-14-8-16-17(23-10-22-16)9-15(14)20-18(21)13-6-5-11-3-1-2-4-12(11)7-13;/h5-9H,1-4,10,19H2,(H,20,21);1H. The van der Waals surface area contributed by atoms with Crippen LogP contribution in [-0.2, 0) is 12.8 Å². The molecule has 0 fully saturated rings. The Hall–Kier alpha value is -2.40. The third kappa shape index (κ3) is 2.99. The second kappa shape index (κ2) is 6.61. The van der Waals surface area contributed by atoms with E-state index in [2.05, 4.69) is 11.4 Å². The highest BCUT2D eigenvalue weighted by Crippen LogP contribution is 2.38. The fourth-order valence-corrected chi connectivity index (χ4v) is 3.14. The van der Waals surface area contributed by atoms with Gasteiger partial charge in [-0.15, -0.1) is 12.4 Å². The molecular weight excluding hydrogens is 328 g/mol. The molecule has 1 aliphatic carbocycles. The van der Waals surface area contributed by atoms with Crippen molar-refractivity contribution in [3.05, 3.63) is 47.0 Å². The number of nitrogen functional groups attached to an aromatic ring is 1. The van der Waals surface area contributed by atoms with E-state index >= 15 is 0 Å². The van der Waals surface area contributed by atoms with Crippen molar-refractivity contribution in [1.82, 2.24) is 0 Å². The zero-order chi connectivity index (χ0) is 15.8. The Bertz CT molecular complexity index is 792. The number of carbonyl (C=O) groups is 1. The number of aryl methyl sites for hydroxylation is 2. The largest absolute Gasteiger partial charge is 0.454 e. The summed E-state index contributed by atoms with van der Waals surface area (Å²) in [6.45, 7) is 0.178. The molecule has 4 rings (SSSR count). The first kappa shape index (κ1) is 16.5. The lowest BCUT2D eigenvalue weighted by atomic mass is 9.90. The SMILES string of the molecule is Cl.Nc1cc2c(cc1NC(=O)c1ccc3c(c1)CCCC3)OCO2. The van der Waals surface area contributed by atoms with Crippen molar-refractivity contribution in [2.24, 2.45) is 0 Å².